The van der Waals surface area contributed by atoms with Crippen molar-refractivity contribution >= 4 is 15.9 Å². The van der Waals surface area contributed by atoms with E-state index in [-0.39, 0.29) is 15.7 Å². The van der Waals surface area contributed by atoms with Crippen LogP contribution in [-0.2, 0) is 21.0 Å². The van der Waals surface area contributed by atoms with E-state index in [1.807, 2.05) is 32.9 Å². The first-order chi connectivity index (χ1) is 14.1. The lowest BCUT2D eigenvalue weighted by atomic mass is 9.83. The monoisotopic (exact) mass is 426 g/mol. The second kappa shape index (κ2) is 8.49. The Morgan fingerprint density at radius 2 is 1.93 bits per heavy atom. The Hall–Kier alpha value is -2.85. The normalized spacial score (nSPS) is 16.3. The van der Waals surface area contributed by atoms with E-state index in [2.05, 4.69) is 5.32 Å². The van der Waals surface area contributed by atoms with Crippen LogP contribution < -0.4 is 5.32 Å². The highest BCUT2D eigenvalue weighted by Crippen LogP contribution is 2.34. The van der Waals surface area contributed by atoms with Gasteiger partial charge in [-0.05, 0) is 81.5 Å². The van der Waals surface area contributed by atoms with Crippen molar-refractivity contribution in [1.82, 2.24) is 5.32 Å². The second-order valence-corrected chi connectivity index (χ2v) is 10.4. The number of amides is 1. The quantitative estimate of drug-likeness (QED) is 0.785. The molecule has 1 atom stereocenters. The fraction of sp³-hybridized carbons (Fsp3) is 0.391. The molecule has 2 aromatic rings. The molecule has 7 heteroatoms. The molecule has 0 saturated heterocycles. The number of carbonyl (C=O) groups is 1. The van der Waals surface area contributed by atoms with Crippen LogP contribution >= 0.6 is 0 Å². The fourth-order valence-corrected chi connectivity index (χ4v) is 5.02. The molecule has 2 aromatic carbocycles. The maximum absolute atomic E-state index is 13.0. The number of alkyl carbamates (subject to hydrolysis) is 1. The summed E-state index contributed by atoms with van der Waals surface area (Å²) in [7, 11) is -3.71. The van der Waals surface area contributed by atoms with E-state index in [1.165, 1.54) is 12.1 Å². The Labute approximate surface area is 177 Å². The van der Waals surface area contributed by atoms with E-state index in [9.17, 15) is 13.2 Å². The topological polar surface area (TPSA) is 96.3 Å². The molecule has 0 spiro atoms. The molecule has 3 rings (SSSR count). The molecule has 0 heterocycles. The van der Waals surface area contributed by atoms with E-state index >= 15 is 0 Å². The number of nitriles is 1. The molecule has 1 aliphatic rings. The number of ether oxygens (including phenoxy) is 1. The second-order valence-electron chi connectivity index (χ2n) is 8.48. The summed E-state index contributed by atoms with van der Waals surface area (Å²) in [6.07, 6.45) is 2.17. The Bertz CT molecular complexity index is 1090. The molecule has 0 aliphatic heterocycles. The third-order valence-electron chi connectivity index (χ3n) is 5.03. The number of nitrogens with one attached hydrogen (secondary N) is 1. The smallest absolute Gasteiger partial charge is 0.407 e. The predicted molar refractivity (Wildman–Crippen MR) is 113 cm³/mol. The maximum Gasteiger partial charge on any atom is 0.407 e. The molecule has 1 N–H and O–H groups in total. The number of fused-ring (bicyclic) bond motifs is 1. The zero-order chi connectivity index (χ0) is 21.9. The van der Waals surface area contributed by atoms with Gasteiger partial charge in [0.1, 0.15) is 5.60 Å². The van der Waals surface area contributed by atoms with Crippen LogP contribution in [0.25, 0.3) is 0 Å². The summed E-state index contributed by atoms with van der Waals surface area (Å²) >= 11 is 0. The molecule has 0 fully saturated rings. The van der Waals surface area contributed by atoms with Gasteiger partial charge >= 0.3 is 6.09 Å². The van der Waals surface area contributed by atoms with Crippen molar-refractivity contribution in [3.8, 4) is 6.07 Å². The Kier molecular flexibility index (Phi) is 6.18. The van der Waals surface area contributed by atoms with Gasteiger partial charge in [-0.2, -0.15) is 5.26 Å². The number of hydrogen-bond donors (Lipinski definition) is 1. The minimum Gasteiger partial charge on any atom is -0.444 e. The molecule has 1 unspecified atom stereocenters. The van der Waals surface area contributed by atoms with Gasteiger partial charge in [0, 0.05) is 12.5 Å². The number of rotatable bonds is 4. The largest absolute Gasteiger partial charge is 0.444 e. The van der Waals surface area contributed by atoms with E-state index in [4.69, 9.17) is 10.00 Å². The minimum atomic E-state index is -3.71. The van der Waals surface area contributed by atoms with Crippen LogP contribution in [0.3, 0.4) is 0 Å². The van der Waals surface area contributed by atoms with Gasteiger partial charge in [-0.15, -0.1) is 0 Å². The van der Waals surface area contributed by atoms with Crippen molar-refractivity contribution in [2.75, 3.05) is 6.54 Å². The van der Waals surface area contributed by atoms with Crippen LogP contribution in [0, 0.1) is 11.3 Å². The Balaban J connectivity index is 1.81. The molecule has 0 bridgehead atoms. The number of carbonyl (C=O) groups excluding carboxylic acids is 1. The third-order valence-corrected chi connectivity index (χ3v) is 6.78. The Morgan fingerprint density at radius 1 is 1.20 bits per heavy atom. The molecule has 158 valence electrons. The van der Waals surface area contributed by atoms with Crippen molar-refractivity contribution < 1.29 is 17.9 Å². The molecule has 1 amide bonds. The van der Waals surface area contributed by atoms with Crippen molar-refractivity contribution in [3.63, 3.8) is 0 Å². The Morgan fingerprint density at radius 3 is 2.63 bits per heavy atom. The summed E-state index contributed by atoms with van der Waals surface area (Å²) in [5.74, 6) is 0.111. The lowest BCUT2D eigenvalue weighted by Crippen LogP contribution is -2.35. The summed E-state index contributed by atoms with van der Waals surface area (Å²) < 4.78 is 31.4. The first kappa shape index (κ1) is 21.8. The highest BCUT2D eigenvalue weighted by atomic mass is 32.2. The lowest BCUT2D eigenvalue weighted by Gasteiger charge is -2.27. The van der Waals surface area contributed by atoms with Gasteiger partial charge in [0.2, 0.25) is 9.84 Å². The van der Waals surface area contributed by atoms with E-state index in [0.717, 1.165) is 30.4 Å². The van der Waals surface area contributed by atoms with Crippen LogP contribution in [0.15, 0.2) is 52.3 Å². The zero-order valence-electron chi connectivity index (χ0n) is 17.4. The van der Waals surface area contributed by atoms with E-state index in [1.54, 1.807) is 24.3 Å². The highest BCUT2D eigenvalue weighted by Gasteiger charge is 2.25. The van der Waals surface area contributed by atoms with Crippen LogP contribution in [0.1, 0.15) is 56.2 Å². The van der Waals surface area contributed by atoms with Crippen molar-refractivity contribution in [2.45, 2.75) is 61.3 Å². The maximum atomic E-state index is 13.0. The van der Waals surface area contributed by atoms with Crippen molar-refractivity contribution in [2.24, 2.45) is 0 Å². The van der Waals surface area contributed by atoms with Gasteiger partial charge in [-0.3, -0.25) is 0 Å². The summed E-state index contributed by atoms with van der Waals surface area (Å²) in [4.78, 5) is 12.3. The molecular formula is C23H26N2O4S. The van der Waals surface area contributed by atoms with Gasteiger partial charge in [0.05, 0.1) is 21.4 Å². The van der Waals surface area contributed by atoms with Gasteiger partial charge in [-0.25, -0.2) is 13.2 Å². The summed E-state index contributed by atoms with van der Waals surface area (Å²) in [5, 5.41) is 11.9. The highest BCUT2D eigenvalue weighted by molar-refractivity contribution is 7.91. The van der Waals surface area contributed by atoms with Crippen LogP contribution in [0.5, 0.6) is 0 Å². The van der Waals surface area contributed by atoms with E-state index in [0.29, 0.717) is 12.1 Å². The number of nitrogens with zero attached hydrogens (tertiary/aromatic N) is 1. The van der Waals surface area contributed by atoms with Crippen molar-refractivity contribution in [1.29, 1.82) is 5.26 Å². The summed E-state index contributed by atoms with van der Waals surface area (Å²) in [6.45, 7) is 5.89. The van der Waals surface area contributed by atoms with Gasteiger partial charge in [0.25, 0.3) is 0 Å². The average molecular weight is 427 g/mol. The summed E-state index contributed by atoms with van der Waals surface area (Å²) in [6, 6.07) is 13.2. The van der Waals surface area contributed by atoms with Crippen LogP contribution in [-0.4, -0.2) is 26.7 Å². The molecule has 0 aromatic heterocycles. The van der Waals surface area contributed by atoms with Crippen molar-refractivity contribution in [3.05, 3.63) is 59.2 Å². The molecular weight excluding hydrogens is 400 g/mol. The molecule has 0 radical (unpaired) electrons. The number of aryl methyl sites for hydroxylation is 1. The fourth-order valence-electron chi connectivity index (χ4n) is 3.66. The first-order valence-corrected chi connectivity index (χ1v) is 11.4. The van der Waals surface area contributed by atoms with Gasteiger partial charge in [0.15, 0.2) is 0 Å². The number of benzene rings is 2. The number of sulfone groups is 1. The van der Waals surface area contributed by atoms with Crippen LogP contribution in [0.4, 0.5) is 4.79 Å². The van der Waals surface area contributed by atoms with Gasteiger partial charge in [-0.1, -0.05) is 12.1 Å². The molecule has 6 nitrogen and oxygen atoms in total. The molecule has 30 heavy (non-hydrogen) atoms. The third kappa shape index (κ3) is 5.00. The minimum absolute atomic E-state index is 0.111. The lowest BCUT2D eigenvalue weighted by molar-refractivity contribution is 0.0523. The SMILES string of the molecule is CC(C)(C)OC(=O)NCC1CCCc2cc(S(=O)(=O)c3cccc(C#N)c3)ccc21. The van der Waals surface area contributed by atoms with Crippen LogP contribution in [0.2, 0.25) is 0 Å². The number of hydrogen-bond acceptors (Lipinski definition) is 5. The standard InChI is InChI=1S/C23H26N2O4S/c1-23(2,3)29-22(26)25-15-18-8-5-7-17-13-20(10-11-21(17)18)30(27,28)19-9-4-6-16(12-19)14-24/h4,6,9-13,18H,5,7-8,15H2,1-3H3,(H,25,26). The van der Waals surface area contributed by atoms with Gasteiger partial charge < -0.3 is 10.1 Å². The average Bonchev–Trinajstić information content (AvgIpc) is 2.70. The molecule has 0 saturated carbocycles. The van der Waals surface area contributed by atoms with E-state index < -0.39 is 21.5 Å². The summed E-state index contributed by atoms with van der Waals surface area (Å²) in [5.41, 5.74) is 1.79. The molecule has 1 aliphatic carbocycles. The zero-order valence-corrected chi connectivity index (χ0v) is 18.3. The predicted octanol–water partition coefficient (Wildman–Crippen LogP) is 4.34. The first-order valence-electron chi connectivity index (χ1n) is 9.95.